The van der Waals surface area contributed by atoms with Crippen molar-refractivity contribution in [2.24, 2.45) is 51.2 Å². The van der Waals surface area contributed by atoms with Gasteiger partial charge in [0.05, 0.1) is 17.9 Å². The highest BCUT2D eigenvalue weighted by atomic mass is 16.5. The van der Waals surface area contributed by atoms with Gasteiger partial charge in [0.25, 0.3) is 0 Å². The maximum atomic E-state index is 13.5. The minimum absolute atomic E-state index is 0.0224. The number of benzene rings is 1. The molecule has 7 heteroatoms. The van der Waals surface area contributed by atoms with Crippen LogP contribution in [-0.2, 0) is 14.3 Å². The summed E-state index contributed by atoms with van der Waals surface area (Å²) in [7, 11) is 0. The van der Waals surface area contributed by atoms with E-state index in [1.165, 1.54) is 38.5 Å². The van der Waals surface area contributed by atoms with E-state index in [0.717, 1.165) is 37.7 Å². The Bertz CT molecular complexity index is 1360. The van der Waals surface area contributed by atoms with Gasteiger partial charge in [-0.25, -0.2) is 4.79 Å². The van der Waals surface area contributed by atoms with Gasteiger partial charge in [0.1, 0.15) is 6.10 Å². The Morgan fingerprint density at radius 2 is 1.57 bits per heavy atom. The number of rotatable bonds is 7. The quantitative estimate of drug-likeness (QED) is 0.257. The zero-order valence-corrected chi connectivity index (χ0v) is 30.0. The average molecular weight is 649 g/mol. The summed E-state index contributed by atoms with van der Waals surface area (Å²) in [5.41, 5.74) is 0.186. The Hall–Kier alpha value is -2.57. The van der Waals surface area contributed by atoms with E-state index >= 15 is 0 Å². The van der Waals surface area contributed by atoms with Crippen molar-refractivity contribution in [2.45, 2.75) is 143 Å². The number of nitrogens with one attached hydrogen (secondary N) is 2. The second kappa shape index (κ2) is 12.1. The van der Waals surface area contributed by atoms with Gasteiger partial charge in [-0.05, 0) is 131 Å². The number of esters is 1. The largest absolute Gasteiger partial charge is 0.481 e. The van der Waals surface area contributed by atoms with Crippen LogP contribution < -0.4 is 10.6 Å². The fraction of sp³-hybridized carbons (Fsp3) is 0.775. The predicted octanol–water partition coefficient (Wildman–Crippen LogP) is 8.68. The fourth-order valence-electron chi connectivity index (χ4n) is 12.5. The number of aliphatic carboxylic acids is 1. The molecule has 0 aromatic heterocycles. The lowest BCUT2D eigenvalue weighted by Gasteiger charge is -2.69. The second-order valence-electron chi connectivity index (χ2n) is 18.1. The third kappa shape index (κ3) is 5.79. The summed E-state index contributed by atoms with van der Waals surface area (Å²) in [5, 5.41) is 16.4. The fourth-order valence-corrected chi connectivity index (χ4v) is 12.5. The molecule has 0 aliphatic heterocycles. The molecule has 5 saturated carbocycles. The van der Waals surface area contributed by atoms with Gasteiger partial charge in [0, 0.05) is 11.0 Å². The maximum Gasteiger partial charge on any atom is 0.315 e. The zero-order chi connectivity index (χ0) is 34.0. The molecule has 7 nitrogen and oxygen atoms in total. The monoisotopic (exact) mass is 648 g/mol. The summed E-state index contributed by atoms with van der Waals surface area (Å²) in [6.07, 6.45) is 12.2. The molecule has 0 saturated heterocycles. The summed E-state index contributed by atoms with van der Waals surface area (Å²) in [5.74, 6) is 1.61. The Kier molecular flexibility index (Phi) is 8.82. The molecule has 10 unspecified atom stereocenters. The van der Waals surface area contributed by atoms with Crippen LogP contribution in [0.25, 0.3) is 0 Å². The van der Waals surface area contributed by atoms with Gasteiger partial charge in [-0.1, -0.05) is 64.4 Å². The molecule has 0 heterocycles. The van der Waals surface area contributed by atoms with Gasteiger partial charge in [0.2, 0.25) is 0 Å². The Labute approximate surface area is 282 Å². The van der Waals surface area contributed by atoms with E-state index in [-0.39, 0.29) is 52.4 Å². The van der Waals surface area contributed by atoms with Crippen LogP contribution in [0.4, 0.5) is 4.79 Å². The van der Waals surface area contributed by atoms with E-state index < -0.39 is 11.4 Å². The lowest BCUT2D eigenvalue weighted by Crippen LogP contribution is -2.65. The van der Waals surface area contributed by atoms with Crippen molar-refractivity contribution < 1.29 is 24.2 Å². The van der Waals surface area contributed by atoms with Gasteiger partial charge in [-0.2, -0.15) is 0 Å². The first-order valence-electron chi connectivity index (χ1n) is 18.6. The number of urea groups is 1. The SMILES string of the molecule is CC(NC(=O)NC12CCCC1C1CCC3C(C)(CCC4C(C)(C)C(OC(=O)CC(C)(C)C(=O)O)CCC43C)C1CC2)c1ccccc1. The van der Waals surface area contributed by atoms with Crippen molar-refractivity contribution in [1.29, 1.82) is 0 Å². The number of ether oxygens (including phenoxy) is 1. The van der Waals surface area contributed by atoms with Crippen LogP contribution in [-0.4, -0.2) is 34.7 Å². The minimum atomic E-state index is -1.13. The lowest BCUT2D eigenvalue weighted by atomic mass is 9.36. The molecule has 5 aliphatic carbocycles. The molecule has 47 heavy (non-hydrogen) atoms. The first kappa shape index (κ1) is 34.3. The topological polar surface area (TPSA) is 105 Å². The van der Waals surface area contributed by atoms with Crippen molar-refractivity contribution in [3.8, 4) is 0 Å². The number of carboxylic acids is 1. The Balaban J connectivity index is 1.15. The molecule has 1 aromatic carbocycles. The Morgan fingerprint density at radius 1 is 0.872 bits per heavy atom. The van der Waals surface area contributed by atoms with Crippen LogP contribution in [0.3, 0.4) is 0 Å². The second-order valence-corrected chi connectivity index (χ2v) is 18.1. The first-order valence-corrected chi connectivity index (χ1v) is 18.6. The van der Waals surface area contributed by atoms with E-state index in [0.29, 0.717) is 29.6 Å². The molecule has 3 N–H and O–H groups in total. The van der Waals surface area contributed by atoms with E-state index in [1.54, 1.807) is 13.8 Å². The molecule has 2 amide bonds. The third-order valence-corrected chi connectivity index (χ3v) is 14.9. The standard InChI is InChI=1S/C40H60N2O5/c1-25(26-12-9-8-10-13-26)41-35(46)42-40-20-11-14-29(40)27-15-16-31-38(6,28(27)17-23-40)21-18-30-37(4,5)32(19-22-39(30,31)7)47-33(43)24-36(2,3)34(44)45/h8-10,12-13,25,27-32H,11,14-24H2,1-7H3,(H,44,45)(H2,41,42,46). The van der Waals surface area contributed by atoms with E-state index in [4.69, 9.17) is 4.74 Å². The van der Waals surface area contributed by atoms with Crippen LogP contribution in [0.1, 0.15) is 137 Å². The highest BCUT2D eigenvalue weighted by molar-refractivity contribution is 5.81. The first-order chi connectivity index (χ1) is 22.0. The highest BCUT2D eigenvalue weighted by Gasteiger charge is 2.66. The summed E-state index contributed by atoms with van der Waals surface area (Å²) < 4.78 is 6.13. The van der Waals surface area contributed by atoms with Gasteiger partial charge >= 0.3 is 18.0 Å². The van der Waals surface area contributed by atoms with Crippen molar-refractivity contribution in [3.05, 3.63) is 35.9 Å². The number of carboxylic acid groups (broad SMARTS) is 1. The van der Waals surface area contributed by atoms with Gasteiger partial charge < -0.3 is 20.5 Å². The molecule has 0 bridgehead atoms. The summed E-state index contributed by atoms with van der Waals surface area (Å²) in [4.78, 5) is 38.1. The number of carbonyl (C=O) groups is 3. The highest BCUT2D eigenvalue weighted by Crippen LogP contribution is 2.72. The minimum Gasteiger partial charge on any atom is -0.481 e. The van der Waals surface area contributed by atoms with Gasteiger partial charge in [-0.3, -0.25) is 9.59 Å². The molecule has 6 rings (SSSR count). The third-order valence-electron chi connectivity index (χ3n) is 14.9. The van der Waals surface area contributed by atoms with E-state index in [9.17, 15) is 19.5 Å². The number of fused-ring (bicyclic) bond motifs is 7. The Morgan fingerprint density at radius 3 is 2.28 bits per heavy atom. The van der Waals surface area contributed by atoms with Gasteiger partial charge in [-0.15, -0.1) is 0 Å². The summed E-state index contributed by atoms with van der Waals surface area (Å²) >= 11 is 0. The van der Waals surface area contributed by atoms with Crippen LogP contribution in [0, 0.1) is 51.2 Å². The molecule has 10 atom stereocenters. The number of hydrogen-bond donors (Lipinski definition) is 3. The van der Waals surface area contributed by atoms with Crippen LogP contribution in [0.5, 0.6) is 0 Å². The molecule has 0 spiro atoms. The number of amides is 2. The molecule has 5 aliphatic rings. The van der Waals surface area contributed by atoms with Gasteiger partial charge in [0.15, 0.2) is 0 Å². The molecular formula is C40H60N2O5. The average Bonchev–Trinajstić information content (AvgIpc) is 3.42. The molecule has 0 radical (unpaired) electrons. The number of hydrogen-bond acceptors (Lipinski definition) is 4. The predicted molar refractivity (Wildman–Crippen MR) is 183 cm³/mol. The molecule has 1 aromatic rings. The molecule has 260 valence electrons. The van der Waals surface area contributed by atoms with Crippen molar-refractivity contribution in [2.75, 3.05) is 0 Å². The van der Waals surface area contributed by atoms with Crippen LogP contribution >= 0.6 is 0 Å². The van der Waals surface area contributed by atoms with E-state index in [2.05, 4.69) is 57.4 Å². The summed E-state index contributed by atoms with van der Waals surface area (Å²) in [6.45, 7) is 15.0. The maximum absolute atomic E-state index is 13.5. The molecule has 5 fully saturated rings. The van der Waals surface area contributed by atoms with Crippen molar-refractivity contribution in [1.82, 2.24) is 10.6 Å². The zero-order valence-electron chi connectivity index (χ0n) is 30.0. The molecular weight excluding hydrogens is 588 g/mol. The van der Waals surface area contributed by atoms with E-state index in [1.807, 2.05) is 18.2 Å². The van der Waals surface area contributed by atoms with Crippen molar-refractivity contribution >= 4 is 18.0 Å². The van der Waals surface area contributed by atoms with Crippen LogP contribution in [0.2, 0.25) is 0 Å². The van der Waals surface area contributed by atoms with Crippen molar-refractivity contribution in [3.63, 3.8) is 0 Å². The summed E-state index contributed by atoms with van der Waals surface area (Å²) in [6, 6.07) is 10.1. The smallest absolute Gasteiger partial charge is 0.315 e. The van der Waals surface area contributed by atoms with Crippen LogP contribution in [0.15, 0.2) is 30.3 Å². The normalized spacial score (nSPS) is 39.6. The lowest BCUT2D eigenvalue weighted by molar-refractivity contribution is -0.219. The number of carbonyl (C=O) groups excluding carboxylic acids is 2.